The number of carbonyl (C=O) groups excluding carboxylic acids is 2. The molecule has 0 radical (unpaired) electrons. The zero-order chi connectivity index (χ0) is 16.4. The third kappa shape index (κ3) is 5.70. The number of ether oxygens (including phenoxy) is 3. The summed E-state index contributed by atoms with van der Waals surface area (Å²) in [5.41, 5.74) is 0.517. The van der Waals surface area contributed by atoms with E-state index in [2.05, 4.69) is 5.32 Å². The highest BCUT2D eigenvalue weighted by molar-refractivity contribution is 5.94. The minimum absolute atomic E-state index is 0.368. The van der Waals surface area contributed by atoms with Crippen LogP contribution in [-0.2, 0) is 14.3 Å². The highest BCUT2D eigenvalue weighted by Crippen LogP contribution is 2.29. The van der Waals surface area contributed by atoms with Crippen molar-refractivity contribution in [3.05, 3.63) is 42.5 Å². The molecule has 0 saturated carbocycles. The van der Waals surface area contributed by atoms with E-state index in [0.717, 1.165) is 0 Å². The van der Waals surface area contributed by atoms with Crippen LogP contribution >= 0.6 is 0 Å². The van der Waals surface area contributed by atoms with Crippen LogP contribution in [0.5, 0.6) is 11.5 Å². The number of hydrogen-bond acceptors (Lipinski definition) is 5. The first-order chi connectivity index (χ1) is 10.6. The van der Waals surface area contributed by atoms with Crippen LogP contribution in [0.15, 0.2) is 42.5 Å². The Kier molecular flexibility index (Phi) is 7.25. The van der Waals surface area contributed by atoms with Gasteiger partial charge in [0.1, 0.15) is 0 Å². The zero-order valence-electron chi connectivity index (χ0n) is 12.8. The predicted octanol–water partition coefficient (Wildman–Crippen LogP) is 2.32. The summed E-state index contributed by atoms with van der Waals surface area (Å²) in [5, 5.41) is 2.60. The van der Waals surface area contributed by atoms with Crippen LogP contribution in [0.3, 0.4) is 0 Å². The largest absolute Gasteiger partial charge is 0.493 e. The number of amides is 1. The quantitative estimate of drug-likeness (QED) is 0.475. The fourth-order valence-corrected chi connectivity index (χ4v) is 1.54. The standard InChI is InChI=1S/C16H19NO5/c1-4-5-6-7-16(19)22-11-15(18)17-12-8-9-13(20-2)14(10-12)21-3/h4-10H,11H2,1-3H3,(H,17,18). The van der Waals surface area contributed by atoms with Crippen LogP contribution in [0, 0.1) is 0 Å². The van der Waals surface area contributed by atoms with Gasteiger partial charge in [-0.15, -0.1) is 0 Å². The molecule has 0 spiro atoms. The van der Waals surface area contributed by atoms with E-state index < -0.39 is 11.9 Å². The van der Waals surface area contributed by atoms with Crippen molar-refractivity contribution in [3.8, 4) is 11.5 Å². The number of methoxy groups -OCH3 is 2. The predicted molar refractivity (Wildman–Crippen MR) is 83.1 cm³/mol. The smallest absolute Gasteiger partial charge is 0.331 e. The minimum atomic E-state index is -0.583. The Morgan fingerprint density at radius 3 is 2.50 bits per heavy atom. The van der Waals surface area contributed by atoms with E-state index in [1.807, 2.05) is 6.92 Å². The average Bonchev–Trinajstić information content (AvgIpc) is 2.53. The first-order valence-corrected chi connectivity index (χ1v) is 6.58. The summed E-state index contributed by atoms with van der Waals surface area (Å²) in [4.78, 5) is 23.0. The van der Waals surface area contributed by atoms with Gasteiger partial charge in [-0.2, -0.15) is 0 Å². The molecule has 1 rings (SSSR count). The third-order valence-electron chi connectivity index (χ3n) is 2.55. The SMILES string of the molecule is CC=CC=CC(=O)OCC(=O)Nc1ccc(OC)c(OC)c1. The Morgan fingerprint density at radius 2 is 1.86 bits per heavy atom. The highest BCUT2D eigenvalue weighted by atomic mass is 16.5. The van der Waals surface area contributed by atoms with Crippen molar-refractivity contribution in [3.63, 3.8) is 0 Å². The van der Waals surface area contributed by atoms with Crippen molar-refractivity contribution in [1.29, 1.82) is 0 Å². The van der Waals surface area contributed by atoms with Crippen molar-refractivity contribution in [2.75, 3.05) is 26.1 Å². The van der Waals surface area contributed by atoms with E-state index in [4.69, 9.17) is 14.2 Å². The zero-order valence-corrected chi connectivity index (χ0v) is 12.8. The normalized spacial score (nSPS) is 10.7. The Hall–Kier alpha value is -2.76. The minimum Gasteiger partial charge on any atom is -0.493 e. The van der Waals surface area contributed by atoms with Gasteiger partial charge in [0.05, 0.1) is 14.2 Å². The van der Waals surface area contributed by atoms with Crippen LogP contribution < -0.4 is 14.8 Å². The van der Waals surface area contributed by atoms with Crippen molar-refractivity contribution < 1.29 is 23.8 Å². The summed E-state index contributed by atoms with van der Waals surface area (Å²) in [6, 6.07) is 4.94. The Labute approximate surface area is 129 Å². The fourth-order valence-electron chi connectivity index (χ4n) is 1.54. The second-order valence-corrected chi connectivity index (χ2v) is 4.11. The second kappa shape index (κ2) is 9.23. The van der Waals surface area contributed by atoms with Crippen LogP contribution in [0.4, 0.5) is 5.69 Å². The summed E-state index contributed by atoms with van der Waals surface area (Å²) in [7, 11) is 3.03. The van der Waals surface area contributed by atoms with E-state index in [-0.39, 0.29) is 6.61 Å². The van der Waals surface area contributed by atoms with E-state index in [1.54, 1.807) is 30.4 Å². The third-order valence-corrected chi connectivity index (χ3v) is 2.55. The molecule has 0 saturated heterocycles. The lowest BCUT2D eigenvalue weighted by Crippen LogP contribution is -2.20. The van der Waals surface area contributed by atoms with Gasteiger partial charge >= 0.3 is 5.97 Å². The number of anilines is 1. The van der Waals surface area contributed by atoms with Gasteiger partial charge in [0.25, 0.3) is 5.91 Å². The van der Waals surface area contributed by atoms with Gasteiger partial charge in [0, 0.05) is 17.8 Å². The molecular weight excluding hydrogens is 286 g/mol. The van der Waals surface area contributed by atoms with E-state index in [1.165, 1.54) is 26.4 Å². The molecule has 1 aromatic carbocycles. The first-order valence-electron chi connectivity index (χ1n) is 6.58. The van der Waals surface area contributed by atoms with Crippen LogP contribution in [0.2, 0.25) is 0 Å². The Morgan fingerprint density at radius 1 is 1.14 bits per heavy atom. The Balaban J connectivity index is 2.53. The van der Waals surface area contributed by atoms with Crippen molar-refractivity contribution >= 4 is 17.6 Å². The van der Waals surface area contributed by atoms with Crippen LogP contribution in [-0.4, -0.2) is 32.7 Å². The number of carbonyl (C=O) groups is 2. The van der Waals surface area contributed by atoms with Gasteiger partial charge < -0.3 is 19.5 Å². The Bertz CT molecular complexity index is 578. The topological polar surface area (TPSA) is 73.9 Å². The van der Waals surface area contributed by atoms with Gasteiger partial charge in [-0.1, -0.05) is 18.2 Å². The summed E-state index contributed by atoms with van der Waals surface area (Å²) < 4.78 is 15.0. The maximum absolute atomic E-state index is 11.7. The molecule has 0 unspecified atom stereocenters. The molecule has 22 heavy (non-hydrogen) atoms. The van der Waals surface area contributed by atoms with Gasteiger partial charge in [-0.3, -0.25) is 4.79 Å². The number of allylic oxidation sites excluding steroid dienone is 3. The molecule has 6 nitrogen and oxygen atoms in total. The van der Waals surface area contributed by atoms with Crippen molar-refractivity contribution in [2.45, 2.75) is 6.92 Å². The molecule has 118 valence electrons. The van der Waals surface area contributed by atoms with Crippen molar-refractivity contribution in [1.82, 2.24) is 0 Å². The number of rotatable bonds is 7. The molecule has 1 amide bonds. The van der Waals surface area contributed by atoms with Crippen LogP contribution in [0.1, 0.15) is 6.92 Å². The van der Waals surface area contributed by atoms with Gasteiger partial charge in [0.2, 0.25) is 0 Å². The molecule has 0 fully saturated rings. The molecule has 0 atom stereocenters. The van der Waals surface area contributed by atoms with E-state index in [0.29, 0.717) is 17.2 Å². The lowest BCUT2D eigenvalue weighted by Gasteiger charge is -2.10. The summed E-state index contributed by atoms with van der Waals surface area (Å²) >= 11 is 0. The molecule has 1 aromatic rings. The highest BCUT2D eigenvalue weighted by Gasteiger charge is 2.08. The second-order valence-electron chi connectivity index (χ2n) is 4.11. The molecule has 0 bridgehead atoms. The van der Waals surface area contributed by atoms with E-state index in [9.17, 15) is 9.59 Å². The van der Waals surface area contributed by atoms with Crippen LogP contribution in [0.25, 0.3) is 0 Å². The summed E-state index contributed by atoms with van der Waals surface area (Å²) in [5.74, 6) is 0.0215. The molecule has 0 heterocycles. The number of hydrogen-bond donors (Lipinski definition) is 1. The van der Waals surface area contributed by atoms with E-state index >= 15 is 0 Å². The maximum Gasteiger partial charge on any atom is 0.331 e. The number of esters is 1. The fraction of sp³-hybridized carbons (Fsp3) is 0.250. The molecule has 0 aromatic heterocycles. The first kappa shape index (κ1) is 17.3. The molecule has 0 aliphatic carbocycles. The molecular formula is C16H19NO5. The molecule has 0 aliphatic heterocycles. The monoisotopic (exact) mass is 305 g/mol. The lowest BCUT2D eigenvalue weighted by atomic mass is 10.2. The maximum atomic E-state index is 11.7. The lowest BCUT2D eigenvalue weighted by molar-refractivity contribution is -0.142. The summed E-state index contributed by atoms with van der Waals surface area (Å²) in [6.07, 6.45) is 6.23. The number of benzene rings is 1. The van der Waals surface area contributed by atoms with Crippen molar-refractivity contribution in [2.24, 2.45) is 0 Å². The molecule has 0 aliphatic rings. The molecule has 1 N–H and O–H groups in total. The average molecular weight is 305 g/mol. The number of nitrogens with one attached hydrogen (secondary N) is 1. The van der Waals surface area contributed by atoms with Gasteiger partial charge in [0.15, 0.2) is 18.1 Å². The summed E-state index contributed by atoms with van der Waals surface area (Å²) in [6.45, 7) is 1.46. The molecule has 6 heteroatoms. The van der Waals surface area contributed by atoms with Gasteiger partial charge in [-0.25, -0.2) is 4.79 Å². The van der Waals surface area contributed by atoms with Gasteiger partial charge in [-0.05, 0) is 19.1 Å².